The van der Waals surface area contributed by atoms with Gasteiger partial charge in [0.05, 0.1) is 19.0 Å². The Hall–Kier alpha value is -0.815. The molecule has 23 heteroatoms. The minimum atomic E-state index is -5.67. The second kappa shape index (κ2) is 14.0. The number of ether oxygens (including phenoxy) is 2. The summed E-state index contributed by atoms with van der Waals surface area (Å²) in [5, 5.41) is 0. The second-order valence-corrected chi connectivity index (χ2v) is 19.1. The van der Waals surface area contributed by atoms with E-state index in [-0.39, 0.29) is 22.8 Å². The summed E-state index contributed by atoms with van der Waals surface area (Å²) in [5.41, 5.74) is 6.64. The monoisotopic (exact) mass is 729 g/mol. The molecule has 0 amide bonds. The van der Waals surface area contributed by atoms with E-state index in [0.717, 1.165) is 19.1 Å². The number of nitrogen functional groups attached to an aromatic ring is 1. The fraction of sp³-hybridized carbons (Fsp3) is 0.682. The number of fused-ring (bicyclic) bond motifs is 3. The van der Waals surface area contributed by atoms with Crippen molar-refractivity contribution < 1.29 is 55.9 Å². The third-order valence-electron chi connectivity index (χ3n) is 7.84. The normalized spacial score (nSPS) is 29.3. The maximum absolute atomic E-state index is 12.4. The molecule has 1 aliphatic heterocycles. The molecule has 2 aromatic rings. The van der Waals surface area contributed by atoms with Crippen LogP contribution in [0, 0.1) is 17.8 Å². The summed E-state index contributed by atoms with van der Waals surface area (Å²) in [7, 11) is -12.3. The summed E-state index contributed by atoms with van der Waals surface area (Å²) >= 11 is 0. The molecule has 5 rings (SSSR count). The molecular weight excluding hydrogens is 694 g/mol. The third kappa shape index (κ3) is 9.64. The Kier molecular flexibility index (Phi) is 11.0. The van der Waals surface area contributed by atoms with Crippen molar-refractivity contribution in [2.75, 3.05) is 18.3 Å². The first kappa shape index (κ1) is 35.5. The molecule has 250 valence electrons. The van der Waals surface area contributed by atoms with Gasteiger partial charge in [0.1, 0.15) is 37.4 Å². The third-order valence-corrected chi connectivity index (χ3v) is 14.6. The first-order valence-corrected chi connectivity index (χ1v) is 20.8. The highest BCUT2D eigenvalue weighted by molar-refractivity contribution is 8.77. The number of hydrogen-bond donors (Lipinski definition) is 5. The molecule has 3 aliphatic rings. The second-order valence-electron chi connectivity index (χ2n) is 11.7. The number of nitrogens with two attached hydrogens (primary N) is 1. The largest absolute Gasteiger partial charge is 0.490 e. The van der Waals surface area contributed by atoms with Crippen molar-refractivity contribution in [1.82, 2.24) is 19.5 Å². The average Bonchev–Trinajstić information content (AvgIpc) is 3.71. The molecule has 2 bridgehead atoms. The van der Waals surface area contributed by atoms with Gasteiger partial charge in [0, 0.05) is 6.42 Å². The van der Waals surface area contributed by atoms with Crippen LogP contribution in [0.1, 0.15) is 39.3 Å². The van der Waals surface area contributed by atoms with E-state index in [0.29, 0.717) is 17.1 Å². The lowest BCUT2D eigenvalue weighted by Gasteiger charge is -2.26. The van der Waals surface area contributed by atoms with Crippen molar-refractivity contribution in [3.8, 4) is 0 Å². The van der Waals surface area contributed by atoms with E-state index < -0.39 is 48.5 Å². The number of hydrogen-bond acceptors (Lipinski definition) is 14. The van der Waals surface area contributed by atoms with E-state index in [9.17, 15) is 23.5 Å². The van der Waals surface area contributed by atoms with Crippen molar-refractivity contribution in [1.29, 1.82) is 0 Å². The quantitative estimate of drug-likeness (QED) is 0.0414. The fourth-order valence-electron chi connectivity index (χ4n) is 5.85. The standard InChI is InChI=1S/C22H35BN5O12P3S2/c1-22(2,23-8-15-6-13-3-4-14(15)5-13)45-44-12-36-16-7-18(28-11-27-19-20(24)25-10-26-21(19)28)38-17(16)9-37-42(32,33)40-43(34,35)39-41(29,30)31/h3-4,10-11,13-18,23H,5-9,12H2,1-2H3,(H,32,33)(H,34,35)(H2,24,25,26)(H2,29,30,31)/t13?,14?,15?,16-,17?,18-/m1/s1. The van der Waals surface area contributed by atoms with E-state index in [1.807, 2.05) is 0 Å². The summed E-state index contributed by atoms with van der Waals surface area (Å²) in [6.07, 6.45) is 9.03. The lowest BCUT2D eigenvalue weighted by Crippen LogP contribution is -2.29. The van der Waals surface area contributed by atoms with Crippen LogP contribution in [0.3, 0.4) is 0 Å². The first-order chi connectivity index (χ1) is 21.0. The molecule has 3 heterocycles. The molecule has 1 saturated heterocycles. The van der Waals surface area contributed by atoms with Crippen molar-refractivity contribution in [3.05, 3.63) is 24.8 Å². The highest BCUT2D eigenvalue weighted by Gasteiger charge is 2.44. The maximum atomic E-state index is 12.4. The van der Waals surface area contributed by atoms with Crippen molar-refractivity contribution in [2.45, 2.75) is 62.5 Å². The molecule has 6 N–H and O–H groups in total. The summed E-state index contributed by atoms with van der Waals surface area (Å²) in [4.78, 5) is 49.3. The van der Waals surface area contributed by atoms with Gasteiger partial charge in [0.25, 0.3) is 0 Å². The van der Waals surface area contributed by atoms with E-state index in [4.69, 9.17) is 29.5 Å². The molecule has 2 aliphatic carbocycles. The van der Waals surface area contributed by atoms with Crippen LogP contribution in [-0.2, 0) is 36.3 Å². The fourth-order valence-corrected chi connectivity index (χ4v) is 11.2. The predicted octanol–water partition coefficient (Wildman–Crippen LogP) is 3.57. The van der Waals surface area contributed by atoms with Gasteiger partial charge >= 0.3 is 23.5 Å². The molecule has 6 unspecified atom stereocenters. The van der Waals surface area contributed by atoms with Crippen molar-refractivity contribution >= 4 is 69.3 Å². The Morgan fingerprint density at radius 2 is 1.87 bits per heavy atom. The zero-order valence-electron chi connectivity index (χ0n) is 24.3. The van der Waals surface area contributed by atoms with Gasteiger partial charge in [-0.3, -0.25) is 9.09 Å². The van der Waals surface area contributed by atoms with Crippen molar-refractivity contribution in [3.63, 3.8) is 0 Å². The SMILES string of the molecule is CC(C)(BCC1CC2C=CC1C2)SSCO[C@@H]1C[C@H](n2cnc3c(N)ncnc32)OC1COP(=O)(O)OP(=O)(O)OP(=O)(O)O. The van der Waals surface area contributed by atoms with E-state index >= 15 is 0 Å². The maximum Gasteiger partial charge on any atom is 0.490 e. The first-order valence-electron chi connectivity index (χ1n) is 14.0. The smallest absolute Gasteiger partial charge is 0.382 e. The summed E-state index contributed by atoms with van der Waals surface area (Å²) in [6, 6.07) is 0. The van der Waals surface area contributed by atoms with Gasteiger partial charge in [-0.25, -0.2) is 28.6 Å². The molecule has 0 spiro atoms. The van der Waals surface area contributed by atoms with Gasteiger partial charge in [-0.1, -0.05) is 53.9 Å². The van der Waals surface area contributed by atoms with Crippen LogP contribution in [0.5, 0.6) is 0 Å². The number of aromatic nitrogens is 4. The highest BCUT2D eigenvalue weighted by Crippen LogP contribution is 2.66. The molecule has 2 aromatic heterocycles. The lowest BCUT2D eigenvalue weighted by molar-refractivity contribution is -0.0522. The molecule has 0 aromatic carbocycles. The Bertz CT molecular complexity index is 1550. The molecular formula is C22H35BN5O12P3S2. The van der Waals surface area contributed by atoms with Gasteiger partial charge < -0.3 is 34.8 Å². The van der Waals surface area contributed by atoms with E-state index in [1.165, 1.54) is 42.6 Å². The Morgan fingerprint density at radius 1 is 1.09 bits per heavy atom. The highest BCUT2D eigenvalue weighted by atomic mass is 33.1. The van der Waals surface area contributed by atoms with Crippen LogP contribution >= 0.6 is 45.1 Å². The number of anilines is 1. The van der Waals surface area contributed by atoms with Crippen LogP contribution in [0.25, 0.3) is 11.2 Å². The van der Waals surface area contributed by atoms with Gasteiger partial charge in [-0.05, 0) is 35.2 Å². The number of imidazole rings is 1. The molecule has 8 atom stereocenters. The van der Waals surface area contributed by atoms with E-state index in [2.05, 4.69) is 49.6 Å². The average molecular weight is 729 g/mol. The number of allylic oxidation sites excluding steroid dienone is 2. The minimum Gasteiger partial charge on any atom is -0.382 e. The van der Waals surface area contributed by atoms with Crippen LogP contribution in [0.4, 0.5) is 5.82 Å². The van der Waals surface area contributed by atoms with Gasteiger partial charge in [-0.15, -0.1) is 0 Å². The van der Waals surface area contributed by atoms with Crippen LogP contribution in [0.15, 0.2) is 24.8 Å². The molecule has 0 radical (unpaired) electrons. The Morgan fingerprint density at radius 3 is 2.56 bits per heavy atom. The number of phosphoric ester groups is 1. The Balaban J connectivity index is 1.19. The van der Waals surface area contributed by atoms with Crippen LogP contribution < -0.4 is 5.73 Å². The van der Waals surface area contributed by atoms with Gasteiger partial charge in [0.15, 0.2) is 11.5 Å². The van der Waals surface area contributed by atoms with Crippen LogP contribution in [-0.4, -0.2) is 75.8 Å². The topological polar surface area (TPSA) is 248 Å². The number of rotatable bonds is 16. The number of nitrogens with zero attached hydrogens (tertiary/aromatic N) is 4. The molecule has 17 nitrogen and oxygen atoms in total. The zero-order chi connectivity index (χ0) is 32.6. The zero-order valence-corrected chi connectivity index (χ0v) is 28.6. The summed E-state index contributed by atoms with van der Waals surface area (Å²) < 4.78 is 61.3. The number of phosphoric acid groups is 3. The Labute approximate surface area is 267 Å². The lowest BCUT2D eigenvalue weighted by atomic mass is 9.58. The van der Waals surface area contributed by atoms with Crippen molar-refractivity contribution in [2.24, 2.45) is 17.8 Å². The van der Waals surface area contributed by atoms with Gasteiger partial charge in [0.2, 0.25) is 0 Å². The minimum absolute atomic E-state index is 0.000430. The van der Waals surface area contributed by atoms with Gasteiger partial charge in [-0.2, -0.15) is 8.62 Å². The molecule has 2 fully saturated rings. The molecule has 45 heavy (non-hydrogen) atoms. The molecule has 1 saturated carbocycles. The predicted molar refractivity (Wildman–Crippen MR) is 168 cm³/mol. The van der Waals surface area contributed by atoms with Crippen LogP contribution in [0.2, 0.25) is 6.32 Å². The summed E-state index contributed by atoms with van der Waals surface area (Å²) in [5.74, 6) is 2.60. The summed E-state index contributed by atoms with van der Waals surface area (Å²) in [6.45, 7) is 3.74. The van der Waals surface area contributed by atoms with E-state index in [1.54, 1.807) is 15.4 Å².